The summed E-state index contributed by atoms with van der Waals surface area (Å²) in [5, 5.41) is 3.59. The van der Waals surface area contributed by atoms with E-state index in [1.807, 2.05) is 6.07 Å². The van der Waals surface area contributed by atoms with Crippen molar-refractivity contribution in [2.45, 2.75) is 38.3 Å². The van der Waals surface area contributed by atoms with E-state index >= 15 is 0 Å². The molecule has 0 saturated carbocycles. The molecule has 1 aliphatic heterocycles. The molecule has 18 heavy (non-hydrogen) atoms. The molecule has 1 unspecified atom stereocenters. The van der Waals surface area contributed by atoms with Crippen molar-refractivity contribution in [1.82, 2.24) is 5.32 Å². The Morgan fingerprint density at radius 1 is 1.22 bits per heavy atom. The van der Waals surface area contributed by atoms with Gasteiger partial charge in [0.25, 0.3) is 0 Å². The molecule has 3 heteroatoms. The molecule has 100 valence electrons. The first-order valence-corrected chi connectivity index (χ1v) is 6.71. The average Bonchev–Trinajstić information content (AvgIpc) is 2.42. The summed E-state index contributed by atoms with van der Waals surface area (Å²) in [7, 11) is 3.46. The third-order valence-electron chi connectivity index (χ3n) is 3.59. The van der Waals surface area contributed by atoms with Gasteiger partial charge in [0, 0.05) is 13.2 Å². The van der Waals surface area contributed by atoms with E-state index < -0.39 is 0 Å². The quantitative estimate of drug-likeness (QED) is 0.870. The van der Waals surface area contributed by atoms with Crippen LogP contribution in [0, 0.1) is 0 Å². The lowest BCUT2D eigenvalue weighted by atomic mass is 9.95. The van der Waals surface area contributed by atoms with Crippen molar-refractivity contribution in [3.63, 3.8) is 0 Å². The zero-order valence-corrected chi connectivity index (χ0v) is 11.4. The van der Waals surface area contributed by atoms with Crippen molar-refractivity contribution in [1.29, 1.82) is 0 Å². The molecule has 1 aromatic carbocycles. The summed E-state index contributed by atoms with van der Waals surface area (Å²) in [6, 6.07) is 6.86. The second-order valence-electron chi connectivity index (χ2n) is 4.92. The average molecular weight is 249 g/mol. The standard InChI is InChI=1S/C15H23NO2/c1-17-11-12-6-7-15(18-2)10-13(12)9-14-5-3-4-8-16-14/h6-7,10,14,16H,3-5,8-9,11H2,1-2H3. The molecular weight excluding hydrogens is 226 g/mol. The molecule has 1 N–H and O–H groups in total. The Balaban J connectivity index is 2.11. The Kier molecular flexibility index (Phi) is 5.02. The Bertz CT molecular complexity index is 373. The number of benzene rings is 1. The number of methoxy groups -OCH3 is 2. The second kappa shape index (κ2) is 6.76. The van der Waals surface area contributed by atoms with Gasteiger partial charge < -0.3 is 14.8 Å². The molecule has 1 atom stereocenters. The van der Waals surface area contributed by atoms with E-state index in [1.54, 1.807) is 14.2 Å². The summed E-state index contributed by atoms with van der Waals surface area (Å²) in [5.41, 5.74) is 2.61. The van der Waals surface area contributed by atoms with Crippen LogP contribution in [0.1, 0.15) is 30.4 Å². The first-order valence-electron chi connectivity index (χ1n) is 6.71. The maximum atomic E-state index is 5.32. The molecule has 0 bridgehead atoms. The molecule has 0 aliphatic carbocycles. The van der Waals surface area contributed by atoms with Gasteiger partial charge in [0.05, 0.1) is 13.7 Å². The van der Waals surface area contributed by atoms with Gasteiger partial charge in [-0.25, -0.2) is 0 Å². The lowest BCUT2D eigenvalue weighted by molar-refractivity contribution is 0.184. The Hall–Kier alpha value is -1.06. The van der Waals surface area contributed by atoms with E-state index in [1.165, 1.54) is 30.4 Å². The third-order valence-corrected chi connectivity index (χ3v) is 3.59. The van der Waals surface area contributed by atoms with Crippen LogP contribution in [-0.2, 0) is 17.8 Å². The monoisotopic (exact) mass is 249 g/mol. The van der Waals surface area contributed by atoms with Gasteiger partial charge in [-0.15, -0.1) is 0 Å². The van der Waals surface area contributed by atoms with Gasteiger partial charge in [0.1, 0.15) is 5.75 Å². The number of hydrogen-bond donors (Lipinski definition) is 1. The molecule has 1 saturated heterocycles. The van der Waals surface area contributed by atoms with Gasteiger partial charge in [-0.1, -0.05) is 12.5 Å². The van der Waals surface area contributed by atoms with Crippen LogP contribution in [0.5, 0.6) is 5.75 Å². The maximum Gasteiger partial charge on any atom is 0.119 e. The number of rotatable bonds is 5. The molecule has 0 radical (unpaired) electrons. The van der Waals surface area contributed by atoms with Crippen LogP contribution in [0.2, 0.25) is 0 Å². The molecule has 0 aromatic heterocycles. The first-order chi connectivity index (χ1) is 8.83. The molecule has 1 fully saturated rings. The zero-order valence-electron chi connectivity index (χ0n) is 11.4. The van der Waals surface area contributed by atoms with Crippen LogP contribution in [0.15, 0.2) is 18.2 Å². The molecule has 1 heterocycles. The maximum absolute atomic E-state index is 5.32. The number of piperidine rings is 1. The van der Waals surface area contributed by atoms with E-state index in [9.17, 15) is 0 Å². The SMILES string of the molecule is COCc1ccc(OC)cc1CC1CCCCN1. The minimum absolute atomic E-state index is 0.599. The van der Waals surface area contributed by atoms with Crippen LogP contribution >= 0.6 is 0 Å². The van der Waals surface area contributed by atoms with E-state index in [0.29, 0.717) is 12.6 Å². The van der Waals surface area contributed by atoms with Gasteiger partial charge in [-0.3, -0.25) is 0 Å². The van der Waals surface area contributed by atoms with Gasteiger partial charge in [0.2, 0.25) is 0 Å². The predicted octanol–water partition coefficient (Wildman–Crippen LogP) is 2.53. The molecule has 0 amide bonds. The van der Waals surface area contributed by atoms with E-state index in [2.05, 4.69) is 17.4 Å². The summed E-state index contributed by atoms with van der Waals surface area (Å²) < 4.78 is 10.6. The highest BCUT2D eigenvalue weighted by Crippen LogP contribution is 2.22. The minimum atomic E-state index is 0.599. The van der Waals surface area contributed by atoms with Gasteiger partial charge in [-0.05, 0) is 49.1 Å². The Morgan fingerprint density at radius 3 is 2.78 bits per heavy atom. The molecule has 2 rings (SSSR count). The van der Waals surface area contributed by atoms with Crippen molar-refractivity contribution in [2.24, 2.45) is 0 Å². The predicted molar refractivity (Wildman–Crippen MR) is 73.1 cm³/mol. The van der Waals surface area contributed by atoms with E-state index in [0.717, 1.165) is 18.7 Å². The normalized spacial score (nSPS) is 19.8. The van der Waals surface area contributed by atoms with Crippen molar-refractivity contribution in [2.75, 3.05) is 20.8 Å². The zero-order chi connectivity index (χ0) is 12.8. The van der Waals surface area contributed by atoms with E-state index in [4.69, 9.17) is 9.47 Å². The summed E-state index contributed by atoms with van der Waals surface area (Å²) in [6.45, 7) is 1.82. The largest absolute Gasteiger partial charge is 0.497 e. The summed E-state index contributed by atoms with van der Waals surface area (Å²) in [5.74, 6) is 0.931. The number of nitrogens with one attached hydrogen (secondary N) is 1. The Morgan fingerprint density at radius 2 is 2.11 bits per heavy atom. The Labute approximate surface area is 109 Å². The first kappa shape index (κ1) is 13.4. The smallest absolute Gasteiger partial charge is 0.119 e. The summed E-state index contributed by atoms with van der Waals surface area (Å²) >= 11 is 0. The van der Waals surface area contributed by atoms with Crippen LogP contribution in [0.25, 0.3) is 0 Å². The molecule has 3 nitrogen and oxygen atoms in total. The molecule has 0 spiro atoms. The van der Waals surface area contributed by atoms with Crippen LogP contribution in [0.4, 0.5) is 0 Å². The topological polar surface area (TPSA) is 30.5 Å². The van der Waals surface area contributed by atoms with Crippen molar-refractivity contribution in [3.8, 4) is 5.75 Å². The van der Waals surface area contributed by atoms with Crippen LogP contribution < -0.4 is 10.1 Å². The lowest BCUT2D eigenvalue weighted by Gasteiger charge is -2.24. The number of hydrogen-bond acceptors (Lipinski definition) is 3. The fourth-order valence-electron chi connectivity index (χ4n) is 2.58. The van der Waals surface area contributed by atoms with Gasteiger partial charge >= 0.3 is 0 Å². The highest BCUT2D eigenvalue weighted by molar-refractivity contribution is 5.36. The van der Waals surface area contributed by atoms with Crippen molar-refractivity contribution >= 4 is 0 Å². The van der Waals surface area contributed by atoms with Crippen molar-refractivity contribution in [3.05, 3.63) is 29.3 Å². The third kappa shape index (κ3) is 3.47. The highest BCUT2D eigenvalue weighted by Gasteiger charge is 2.15. The molecule has 1 aromatic rings. The molecule has 1 aliphatic rings. The van der Waals surface area contributed by atoms with Crippen LogP contribution in [0.3, 0.4) is 0 Å². The number of ether oxygens (including phenoxy) is 2. The fraction of sp³-hybridized carbons (Fsp3) is 0.600. The summed E-state index contributed by atoms with van der Waals surface area (Å²) in [6.07, 6.45) is 4.97. The lowest BCUT2D eigenvalue weighted by Crippen LogP contribution is -2.35. The molecular formula is C15H23NO2. The van der Waals surface area contributed by atoms with Crippen LogP contribution in [-0.4, -0.2) is 26.8 Å². The van der Waals surface area contributed by atoms with Crippen molar-refractivity contribution < 1.29 is 9.47 Å². The van der Waals surface area contributed by atoms with E-state index in [-0.39, 0.29) is 0 Å². The highest BCUT2D eigenvalue weighted by atomic mass is 16.5. The fourth-order valence-corrected chi connectivity index (χ4v) is 2.58. The van der Waals surface area contributed by atoms with Gasteiger partial charge in [0.15, 0.2) is 0 Å². The minimum Gasteiger partial charge on any atom is -0.497 e. The second-order valence-corrected chi connectivity index (χ2v) is 4.92. The summed E-state index contributed by atoms with van der Waals surface area (Å²) in [4.78, 5) is 0. The van der Waals surface area contributed by atoms with Gasteiger partial charge in [-0.2, -0.15) is 0 Å².